The van der Waals surface area contributed by atoms with Crippen LogP contribution in [0.1, 0.15) is 62.0 Å². The number of rotatable bonds is 19. The standard InChI is InChI=1S/C42H55N3O10/c1-4-20-54-42-38(45(41(48)49-2)26-28-11-13-36-37(22-28)53-27-52-36)25-34(43-50-3)32-23-29(9-5-7-18-46)31(10-6-8-19-47)39(40(32)42)33-24-30(12-14-35(33)55-42)51-21-17-44-15-16-44/h4,11-14,22-24,29,31,38-40,46-47H,1,5-10,15-21,25-27H2,2-3H3. The average molecular weight is 762 g/mol. The van der Waals surface area contributed by atoms with Crippen LogP contribution in [0.25, 0.3) is 0 Å². The maximum absolute atomic E-state index is 14.1. The lowest BCUT2D eigenvalue weighted by Gasteiger charge is -2.59. The zero-order chi connectivity index (χ0) is 38.4. The number of benzene rings is 2. The third kappa shape index (κ3) is 8.16. The molecule has 13 heteroatoms. The fourth-order valence-electron chi connectivity index (χ4n) is 9.09. The van der Waals surface area contributed by atoms with E-state index >= 15 is 0 Å². The predicted octanol–water partition coefficient (Wildman–Crippen LogP) is 5.64. The van der Waals surface area contributed by atoms with E-state index in [0.717, 1.165) is 67.8 Å². The van der Waals surface area contributed by atoms with Gasteiger partial charge in [0, 0.05) is 57.3 Å². The Hall–Kier alpha value is -4.30. The topological polar surface area (TPSA) is 141 Å². The van der Waals surface area contributed by atoms with E-state index in [4.69, 9.17) is 33.3 Å². The molecule has 6 unspecified atom stereocenters. The molecule has 13 nitrogen and oxygen atoms in total. The Morgan fingerprint density at radius 3 is 2.56 bits per heavy atom. The van der Waals surface area contributed by atoms with Gasteiger partial charge in [0.2, 0.25) is 12.6 Å². The Bertz CT molecular complexity index is 1730. The first-order chi connectivity index (χ1) is 26.9. The first-order valence-corrected chi connectivity index (χ1v) is 19.6. The van der Waals surface area contributed by atoms with Crippen molar-refractivity contribution >= 4 is 11.8 Å². The summed E-state index contributed by atoms with van der Waals surface area (Å²) in [7, 11) is 2.91. The van der Waals surface area contributed by atoms with Gasteiger partial charge in [-0.25, -0.2) is 4.79 Å². The number of amides is 1. The van der Waals surface area contributed by atoms with Crippen LogP contribution in [-0.4, -0.2) is 111 Å². The van der Waals surface area contributed by atoms with E-state index in [1.165, 1.54) is 14.2 Å². The van der Waals surface area contributed by atoms with Crippen molar-refractivity contribution in [3.05, 3.63) is 71.8 Å². The van der Waals surface area contributed by atoms with E-state index in [1.54, 1.807) is 11.0 Å². The van der Waals surface area contributed by atoms with Gasteiger partial charge in [0.05, 0.1) is 25.3 Å². The third-order valence-corrected chi connectivity index (χ3v) is 11.6. The van der Waals surface area contributed by atoms with Gasteiger partial charge in [0.25, 0.3) is 0 Å². The Labute approximate surface area is 323 Å². The molecule has 0 aromatic heterocycles. The van der Waals surface area contributed by atoms with Gasteiger partial charge in [-0.05, 0) is 79.0 Å². The molecule has 2 aromatic rings. The summed E-state index contributed by atoms with van der Waals surface area (Å²) in [4.78, 5) is 23.6. The minimum atomic E-state index is -1.40. The number of hydrogen-bond donors (Lipinski definition) is 2. The fraction of sp³-hybridized carbons (Fsp3) is 0.571. The van der Waals surface area contributed by atoms with Crippen molar-refractivity contribution in [1.82, 2.24) is 9.80 Å². The van der Waals surface area contributed by atoms with Crippen LogP contribution in [0.4, 0.5) is 4.79 Å². The van der Waals surface area contributed by atoms with E-state index in [1.807, 2.05) is 30.3 Å². The molecule has 298 valence electrons. The number of aliphatic hydroxyl groups is 2. The van der Waals surface area contributed by atoms with E-state index in [9.17, 15) is 15.0 Å². The molecule has 2 N–H and O–H groups in total. The maximum Gasteiger partial charge on any atom is 0.410 e. The maximum atomic E-state index is 14.1. The van der Waals surface area contributed by atoms with Crippen LogP contribution in [0, 0.1) is 17.8 Å². The molecule has 3 aliphatic heterocycles. The molecule has 1 saturated heterocycles. The first kappa shape index (κ1) is 39.0. The van der Waals surface area contributed by atoms with Crippen molar-refractivity contribution in [1.29, 1.82) is 0 Å². The second-order valence-corrected chi connectivity index (χ2v) is 14.9. The van der Waals surface area contributed by atoms with Crippen molar-refractivity contribution in [3.63, 3.8) is 0 Å². The van der Waals surface area contributed by atoms with E-state index in [2.05, 4.69) is 28.8 Å². The molecule has 0 spiro atoms. The molecule has 1 saturated carbocycles. The van der Waals surface area contributed by atoms with Gasteiger partial charge in [-0.2, -0.15) is 0 Å². The summed E-state index contributed by atoms with van der Waals surface area (Å²) in [5, 5.41) is 24.3. The van der Waals surface area contributed by atoms with Crippen LogP contribution in [-0.2, 0) is 20.9 Å². The van der Waals surface area contributed by atoms with E-state index in [-0.39, 0.29) is 57.3 Å². The van der Waals surface area contributed by atoms with Crippen LogP contribution in [0.3, 0.4) is 0 Å². The van der Waals surface area contributed by atoms with Crippen LogP contribution in [0.2, 0.25) is 0 Å². The second kappa shape index (κ2) is 17.7. The summed E-state index contributed by atoms with van der Waals surface area (Å²) < 4.78 is 37.4. The van der Waals surface area contributed by atoms with E-state index in [0.29, 0.717) is 42.4 Å². The average Bonchev–Trinajstić information content (AvgIpc) is 3.91. The first-order valence-electron chi connectivity index (χ1n) is 19.6. The number of allylic oxidation sites excluding steroid dienone is 1. The number of ether oxygens (including phenoxy) is 6. The summed E-state index contributed by atoms with van der Waals surface area (Å²) in [6, 6.07) is 10.9. The van der Waals surface area contributed by atoms with Gasteiger partial charge < -0.3 is 43.5 Å². The Balaban J connectivity index is 1.39. The molecule has 5 aliphatic rings. The largest absolute Gasteiger partial charge is 0.492 e. The van der Waals surface area contributed by atoms with Gasteiger partial charge in [0.1, 0.15) is 31.3 Å². The molecule has 2 aromatic carbocycles. The predicted molar refractivity (Wildman–Crippen MR) is 204 cm³/mol. The Morgan fingerprint density at radius 1 is 1.04 bits per heavy atom. The van der Waals surface area contributed by atoms with Crippen LogP contribution in [0.15, 0.2) is 65.9 Å². The number of nitrogens with zero attached hydrogens (tertiary/aromatic N) is 3. The molecule has 2 aliphatic carbocycles. The minimum Gasteiger partial charge on any atom is -0.492 e. The highest BCUT2D eigenvalue weighted by Crippen LogP contribution is 2.62. The molecule has 55 heavy (non-hydrogen) atoms. The number of oxime groups is 1. The molecule has 6 atom stereocenters. The van der Waals surface area contributed by atoms with Crippen LogP contribution in [0.5, 0.6) is 23.0 Å². The van der Waals surface area contributed by atoms with Gasteiger partial charge in [-0.3, -0.25) is 9.80 Å². The second-order valence-electron chi connectivity index (χ2n) is 14.9. The summed E-state index contributed by atoms with van der Waals surface area (Å²) in [6.45, 7) is 8.34. The van der Waals surface area contributed by atoms with Crippen molar-refractivity contribution in [3.8, 4) is 23.0 Å². The number of unbranched alkanes of at least 4 members (excludes halogenated alkanes) is 2. The highest BCUT2D eigenvalue weighted by Gasteiger charge is 2.65. The summed E-state index contributed by atoms with van der Waals surface area (Å²) in [5.41, 5.74) is 3.49. The van der Waals surface area contributed by atoms with Crippen molar-refractivity contribution < 1.29 is 48.3 Å². The summed E-state index contributed by atoms with van der Waals surface area (Å²) in [6.07, 6.45) is 8.49. The van der Waals surface area contributed by atoms with Gasteiger partial charge in [-0.15, -0.1) is 6.58 Å². The third-order valence-electron chi connectivity index (χ3n) is 11.6. The van der Waals surface area contributed by atoms with Crippen LogP contribution < -0.4 is 18.9 Å². The molecule has 3 heterocycles. The molecule has 0 radical (unpaired) electrons. The molecule has 2 fully saturated rings. The van der Waals surface area contributed by atoms with Gasteiger partial charge in [0.15, 0.2) is 11.5 Å². The number of hydrogen-bond acceptors (Lipinski definition) is 12. The van der Waals surface area contributed by atoms with Crippen molar-refractivity contribution in [2.45, 2.75) is 69.2 Å². The molecule has 7 rings (SSSR count). The Kier molecular flexibility index (Phi) is 12.5. The molecule has 1 amide bonds. The zero-order valence-electron chi connectivity index (χ0n) is 32.0. The number of carbonyl (C=O) groups excluding carboxylic acids is 1. The summed E-state index contributed by atoms with van der Waals surface area (Å²) >= 11 is 0. The lowest BCUT2D eigenvalue weighted by molar-refractivity contribution is -0.256. The fourth-order valence-corrected chi connectivity index (χ4v) is 9.09. The minimum absolute atomic E-state index is 0.101. The lowest BCUT2D eigenvalue weighted by Crippen LogP contribution is -2.70. The van der Waals surface area contributed by atoms with Crippen molar-refractivity contribution in [2.75, 3.05) is 67.1 Å². The van der Waals surface area contributed by atoms with Gasteiger partial charge in [-0.1, -0.05) is 36.2 Å². The van der Waals surface area contributed by atoms with E-state index < -0.39 is 23.8 Å². The Morgan fingerprint density at radius 2 is 1.82 bits per heavy atom. The monoisotopic (exact) mass is 761 g/mol. The quantitative estimate of drug-likeness (QED) is 0.0796. The normalized spacial score (nSPS) is 26.7. The zero-order valence-corrected chi connectivity index (χ0v) is 32.0. The molecular formula is C42H55N3O10. The smallest absolute Gasteiger partial charge is 0.410 e. The number of carbonyl (C=O) groups is 1. The molecule has 0 bridgehead atoms. The van der Waals surface area contributed by atoms with Crippen LogP contribution >= 0.6 is 0 Å². The van der Waals surface area contributed by atoms with Crippen molar-refractivity contribution in [2.24, 2.45) is 22.9 Å². The highest BCUT2D eigenvalue weighted by atomic mass is 16.7. The van der Waals surface area contributed by atoms with Gasteiger partial charge >= 0.3 is 6.09 Å². The SMILES string of the molecule is C=CCOC12Oc3ccc(OCCN4CC4)cc3C3C(CCCCO)C(CCCCO)C=C(C(=NOC)CC1N(Cc1ccc4c(c1)OCO4)C(=O)OC)C32. The number of fused-ring (bicyclic) bond motifs is 3. The highest BCUT2D eigenvalue weighted by molar-refractivity contribution is 6.03. The summed E-state index contributed by atoms with van der Waals surface area (Å²) in [5.74, 6) is 0.920. The molecular weight excluding hydrogens is 706 g/mol. The lowest BCUT2D eigenvalue weighted by atomic mass is 9.55. The number of aliphatic hydroxyl groups excluding tert-OH is 2. The number of methoxy groups -OCH3 is 1.